The quantitative estimate of drug-likeness (QED) is 0.0140. The maximum atomic E-state index is 12.4. The van der Waals surface area contributed by atoms with Crippen molar-refractivity contribution in [2.24, 2.45) is 31.5 Å². The molecule has 0 heterocycles. The van der Waals surface area contributed by atoms with Crippen LogP contribution in [-0.2, 0) is 86.0 Å². The van der Waals surface area contributed by atoms with E-state index in [1.807, 2.05) is 0 Å². The summed E-state index contributed by atoms with van der Waals surface area (Å²) in [5, 5.41) is 38.6. The number of rotatable bonds is 20. The summed E-state index contributed by atoms with van der Waals surface area (Å²) in [6.45, 7) is 14.3. The molecule has 0 aromatic heterocycles. The predicted octanol–water partition coefficient (Wildman–Crippen LogP) is 10.6. The van der Waals surface area contributed by atoms with E-state index in [4.69, 9.17) is 51.0 Å². The van der Waals surface area contributed by atoms with Crippen molar-refractivity contribution in [2.45, 2.75) is 65.2 Å². The van der Waals surface area contributed by atoms with Gasteiger partial charge in [0.15, 0.2) is 0 Å². The molecule has 0 spiro atoms. The van der Waals surface area contributed by atoms with E-state index in [-0.39, 0.29) is 107 Å². The second-order valence-corrected chi connectivity index (χ2v) is 69.3. The zero-order valence-electron chi connectivity index (χ0n) is 44.9. The van der Waals surface area contributed by atoms with E-state index in [1.165, 1.54) is 24.3 Å². The minimum absolute atomic E-state index is 0. The van der Waals surface area contributed by atoms with Crippen LogP contribution < -0.4 is 5.73 Å². The van der Waals surface area contributed by atoms with Crippen LogP contribution in [0.1, 0.15) is 52.7 Å². The minimum atomic E-state index is -4.30. The zero-order chi connectivity index (χ0) is 63.7. The summed E-state index contributed by atoms with van der Waals surface area (Å²) in [6.07, 6.45) is 0. The van der Waals surface area contributed by atoms with Gasteiger partial charge in [-0.05, 0) is 79.7 Å². The van der Waals surface area contributed by atoms with Gasteiger partial charge in [-0.2, -0.15) is 16.8 Å². The van der Waals surface area contributed by atoms with Crippen molar-refractivity contribution in [3.63, 3.8) is 0 Å². The third-order valence-corrected chi connectivity index (χ3v) is 13.9. The first-order chi connectivity index (χ1) is 38.7. The molecule has 0 aliphatic heterocycles. The molecule has 2 aromatic carbocycles. The number of hydrogen-bond donors (Lipinski definition) is 4. The topological polar surface area (TPSA) is 393 Å². The molecule has 0 saturated heterocycles. The van der Waals surface area contributed by atoms with Gasteiger partial charge in [0.2, 0.25) is 20.2 Å². The molecule has 2 aromatic rings. The Morgan fingerprint density at radius 2 is 0.759 bits per heavy atom. The summed E-state index contributed by atoms with van der Waals surface area (Å²) in [4.78, 5) is 67.2. The van der Waals surface area contributed by atoms with Gasteiger partial charge in [0.1, 0.15) is 9.79 Å². The number of aryl methyl sites for hydroxylation is 2. The first-order valence-electron chi connectivity index (χ1n) is 22.3. The molecule has 0 bridgehead atoms. The van der Waals surface area contributed by atoms with Gasteiger partial charge in [-0.15, -0.1) is 12.4 Å². The van der Waals surface area contributed by atoms with Gasteiger partial charge in [0.25, 0.3) is 5.17 Å². The van der Waals surface area contributed by atoms with Crippen molar-refractivity contribution >= 4 is 253 Å². The Balaban J connectivity index is -0.000000388. The van der Waals surface area contributed by atoms with Gasteiger partial charge < -0.3 is 49.8 Å². The Labute approximate surface area is 569 Å². The van der Waals surface area contributed by atoms with Crippen molar-refractivity contribution in [3.8, 4) is 0 Å². The third-order valence-electron chi connectivity index (χ3n) is 7.16. The molecule has 41 heteroatoms. The average Bonchev–Trinajstić information content (AvgIpc) is 3.45. The summed E-state index contributed by atoms with van der Waals surface area (Å²) in [6, 6.07) is 11.7. The van der Waals surface area contributed by atoms with E-state index in [1.54, 1.807) is 79.7 Å². The number of oxime groups is 5. The van der Waals surface area contributed by atoms with E-state index < -0.39 is 55.3 Å². The number of esters is 6. The summed E-state index contributed by atoms with van der Waals surface area (Å²) < 4.78 is 87.1. The molecule has 2 rings (SSSR count). The second kappa shape index (κ2) is 57.3. The number of benzene rings is 2. The Morgan fingerprint density at radius 3 is 0.988 bits per heavy atom. The standard InChI is InChI=1S/C24H28N2O10S4.C10H16N2O6S2.C4H6ClNO3.C4H9NO2.ClH.I4.I2/c1-5-33-23(27)21(25-35-39(29,30)19-11-7-17(3)8-12-19)37-15-16-38-22(24(28)34-6-2)26-36-40(31,32)20-13-9-18(4)10-14-20;1-3-17-9(13)7(11-15)19-5-6-20-8(12-16)10(14)18-4-2;1-2-9-4(7)3(5)6-8;1-2-7-4(6)3-5;;1-4(2)3;1-2/h7-14H,5-6,15-16H2,1-4H3;15-16H,3-6H2,1-2H3;8H,2H2,1H3;2-3,5H2,1H3;1H;;/b25-21-,26-22-;11-7-,12-8-;6-3-;;;;. The van der Waals surface area contributed by atoms with Crippen LogP contribution in [0.25, 0.3) is 0 Å². The summed E-state index contributed by atoms with van der Waals surface area (Å²) >= 11 is 20.2. The molecule has 0 saturated carbocycles. The van der Waals surface area contributed by atoms with Crippen LogP contribution in [-0.4, -0.2) is 163 Å². The van der Waals surface area contributed by atoms with Crippen LogP contribution in [0.4, 0.5) is 0 Å². The van der Waals surface area contributed by atoms with Gasteiger partial charge >= 0.3 is 120 Å². The van der Waals surface area contributed by atoms with Crippen molar-refractivity contribution in [3.05, 3.63) is 59.7 Å². The van der Waals surface area contributed by atoms with Crippen molar-refractivity contribution in [2.75, 3.05) is 69.2 Å². The Kier molecular flexibility index (Phi) is 62.5. The molecule has 0 aliphatic rings. The molecule has 5 N–H and O–H groups in total. The van der Waals surface area contributed by atoms with Crippen molar-refractivity contribution in [1.82, 2.24) is 0 Å². The number of ether oxygens (including phenoxy) is 6. The van der Waals surface area contributed by atoms with Crippen LogP contribution in [0.15, 0.2) is 84.1 Å². The predicted molar refractivity (Wildman–Crippen MR) is 377 cm³/mol. The first kappa shape index (κ1) is 90.6. The van der Waals surface area contributed by atoms with Gasteiger partial charge in [-0.25, -0.2) is 24.0 Å². The number of carbonyl (C=O) groups is 6. The van der Waals surface area contributed by atoms with E-state index in [9.17, 15) is 45.6 Å². The van der Waals surface area contributed by atoms with E-state index in [0.29, 0.717) is 18.1 Å². The third kappa shape index (κ3) is 47.5. The SMILES string of the molecule is CCOC(=O)/C(=N/O)SCCS/C(=N\O)C(=O)OCC.CCOC(=O)/C(=N/OS(=O)(=O)c1ccc(C)cc1)SCCS/C(=N\OS(=O)(=O)c1ccc(C)cc1)C(=O)OCC.CCOC(=O)/C(Cl)=N/O.CCOC(=O)CN.Cl.II.II(I)I. The molecule has 0 radical (unpaired) electrons. The molecular formula is C42H60Cl2I6N6O21S6. The molecular weight excluding hydrogens is 1950 g/mol. The number of carbonyl (C=O) groups excluding carboxylic acids is 6. The fourth-order valence-electron chi connectivity index (χ4n) is 3.94. The molecule has 0 atom stereocenters. The summed E-state index contributed by atoms with van der Waals surface area (Å²) in [5.41, 5.74) is 6.56. The molecule has 83 heavy (non-hydrogen) atoms. The number of nitrogens with two attached hydrogens (primary N) is 1. The van der Waals surface area contributed by atoms with Gasteiger partial charge in [0, 0.05) is 60.2 Å². The van der Waals surface area contributed by atoms with Crippen molar-refractivity contribution < 1.29 is 98.2 Å². The Bertz CT molecular complexity index is 2450. The van der Waals surface area contributed by atoms with Crippen LogP contribution in [0.2, 0.25) is 0 Å². The molecule has 0 aliphatic carbocycles. The van der Waals surface area contributed by atoms with Crippen LogP contribution >= 0.6 is 172 Å². The van der Waals surface area contributed by atoms with Crippen LogP contribution in [0.3, 0.4) is 0 Å². The first-order valence-corrected chi connectivity index (χ1v) is 54.6. The van der Waals surface area contributed by atoms with E-state index in [2.05, 4.69) is 138 Å². The number of hydrogen-bond acceptors (Lipinski definition) is 31. The Hall–Kier alpha value is -1.17. The monoisotopic (exact) mass is 2010 g/mol. The summed E-state index contributed by atoms with van der Waals surface area (Å²) in [7, 11) is -8.95. The fraction of sp³-hybridized carbons (Fsp3) is 0.452. The van der Waals surface area contributed by atoms with E-state index >= 15 is 0 Å². The molecule has 0 amide bonds. The van der Waals surface area contributed by atoms with Gasteiger partial charge in [0.05, 0.1) is 46.2 Å². The van der Waals surface area contributed by atoms with Crippen molar-refractivity contribution in [1.29, 1.82) is 0 Å². The average molecular weight is 2010 g/mol. The number of thioether (sulfide) groups is 4. The zero-order valence-corrected chi connectivity index (χ0v) is 64.3. The molecule has 27 nitrogen and oxygen atoms in total. The molecule has 0 fully saturated rings. The number of nitrogens with zero attached hydrogens (tertiary/aromatic N) is 5. The van der Waals surface area contributed by atoms with Gasteiger partial charge in [-0.1, -0.05) is 120 Å². The fourth-order valence-corrected chi connectivity index (χ4v) is 8.65. The Morgan fingerprint density at radius 1 is 0.506 bits per heavy atom. The van der Waals surface area contributed by atoms with Gasteiger partial charge in [-0.3, -0.25) is 13.4 Å². The number of halogens is 8. The molecule has 0 unspecified atom stereocenters. The normalized spacial score (nSPS) is 11.5. The van der Waals surface area contributed by atoms with Crippen LogP contribution in [0, 0.1) is 13.8 Å². The van der Waals surface area contributed by atoms with Crippen LogP contribution in [0.5, 0.6) is 0 Å². The summed E-state index contributed by atoms with van der Waals surface area (Å²) in [5.74, 6) is -3.56. The van der Waals surface area contributed by atoms with E-state index in [0.717, 1.165) is 58.2 Å². The maximum absolute atomic E-state index is 12.4. The molecule has 476 valence electrons. The second-order valence-electron chi connectivity index (χ2n) is 12.8.